The first-order valence-electron chi connectivity index (χ1n) is 12.3. The zero-order valence-electron chi connectivity index (χ0n) is 20.9. The van der Waals surface area contributed by atoms with E-state index in [-0.39, 0.29) is 23.0 Å². The van der Waals surface area contributed by atoms with Crippen LogP contribution in [-0.2, 0) is 9.47 Å². The molecule has 2 aliphatic heterocycles. The molecule has 2 aromatic carbocycles. The number of hydrogen-bond acceptors (Lipinski definition) is 14. The molecule has 0 spiro atoms. The van der Waals surface area contributed by atoms with Gasteiger partial charge in [-0.25, -0.2) is 0 Å². The van der Waals surface area contributed by atoms with Crippen molar-refractivity contribution in [2.24, 2.45) is 0 Å². The largest absolute Gasteiger partial charge is 0.508 e. The molecule has 0 aliphatic carbocycles. The molecule has 2 heterocycles. The van der Waals surface area contributed by atoms with E-state index in [1.807, 2.05) is 0 Å². The predicted molar refractivity (Wildman–Crippen MR) is 134 cm³/mol. The van der Waals surface area contributed by atoms with Crippen molar-refractivity contribution in [3.63, 3.8) is 0 Å². The molecule has 220 valence electrons. The Morgan fingerprint density at radius 2 is 1.18 bits per heavy atom. The van der Waals surface area contributed by atoms with Crippen LogP contribution in [0.15, 0.2) is 36.4 Å². The van der Waals surface area contributed by atoms with Crippen LogP contribution in [0.4, 0.5) is 0 Å². The minimum Gasteiger partial charge on any atom is -0.508 e. The van der Waals surface area contributed by atoms with Crippen LogP contribution in [0, 0.1) is 0 Å². The van der Waals surface area contributed by atoms with Crippen molar-refractivity contribution < 1.29 is 70.0 Å². The first-order chi connectivity index (χ1) is 19.0. The van der Waals surface area contributed by atoms with Crippen molar-refractivity contribution in [2.75, 3.05) is 13.2 Å². The van der Waals surface area contributed by atoms with Crippen molar-refractivity contribution in [2.45, 2.75) is 61.4 Å². The molecule has 0 saturated carbocycles. The van der Waals surface area contributed by atoms with Crippen molar-refractivity contribution in [3.05, 3.63) is 47.5 Å². The van der Waals surface area contributed by atoms with E-state index < -0.39 is 74.6 Å². The molecule has 0 radical (unpaired) electrons. The Hall–Kier alpha value is -3.02. The first kappa shape index (κ1) is 30.0. The van der Waals surface area contributed by atoms with Gasteiger partial charge in [0.15, 0.2) is 0 Å². The highest BCUT2D eigenvalue weighted by atomic mass is 16.7. The highest BCUT2D eigenvalue weighted by molar-refractivity contribution is 5.74. The summed E-state index contributed by atoms with van der Waals surface area (Å²) in [5.41, 5.74) is 0.724. The summed E-state index contributed by atoms with van der Waals surface area (Å²) < 4.78 is 21.6. The lowest BCUT2D eigenvalue weighted by molar-refractivity contribution is -0.277. The van der Waals surface area contributed by atoms with Gasteiger partial charge in [-0.1, -0.05) is 12.2 Å². The lowest BCUT2D eigenvalue weighted by Crippen LogP contribution is -2.60. The van der Waals surface area contributed by atoms with Gasteiger partial charge >= 0.3 is 0 Å². The molecule has 10 N–H and O–H groups in total. The summed E-state index contributed by atoms with van der Waals surface area (Å²) >= 11 is 0. The van der Waals surface area contributed by atoms with Crippen LogP contribution in [0.1, 0.15) is 11.1 Å². The van der Waals surface area contributed by atoms with Crippen LogP contribution < -0.4 is 9.47 Å². The van der Waals surface area contributed by atoms with E-state index in [0.29, 0.717) is 11.1 Å². The number of rotatable bonds is 8. The quantitative estimate of drug-likeness (QED) is 0.150. The molecule has 2 aromatic rings. The van der Waals surface area contributed by atoms with Crippen molar-refractivity contribution >= 4 is 12.2 Å². The molecular weight excluding hydrogens is 536 g/mol. The minimum atomic E-state index is -1.64. The van der Waals surface area contributed by atoms with Gasteiger partial charge in [0.1, 0.15) is 71.8 Å². The molecule has 14 heteroatoms. The third kappa shape index (κ3) is 6.47. The Labute approximate surface area is 227 Å². The van der Waals surface area contributed by atoms with Crippen molar-refractivity contribution in [3.8, 4) is 23.0 Å². The van der Waals surface area contributed by atoms with E-state index in [0.717, 1.165) is 0 Å². The number of hydrogen-bond donors (Lipinski definition) is 10. The Morgan fingerprint density at radius 3 is 1.70 bits per heavy atom. The van der Waals surface area contributed by atoms with Crippen LogP contribution in [0.3, 0.4) is 0 Å². The van der Waals surface area contributed by atoms with Crippen LogP contribution in [-0.4, -0.2) is 126 Å². The molecule has 4 rings (SSSR count). The summed E-state index contributed by atoms with van der Waals surface area (Å²) in [5.74, 6) is -0.353. The number of phenolic OH excluding ortho intramolecular Hbond substituents is 2. The first-order valence-corrected chi connectivity index (χ1v) is 12.3. The Bertz CT molecular complexity index is 1170. The fourth-order valence-electron chi connectivity index (χ4n) is 4.29. The summed E-state index contributed by atoms with van der Waals surface area (Å²) in [5, 5.41) is 99.2. The van der Waals surface area contributed by atoms with E-state index in [9.17, 15) is 51.1 Å². The highest BCUT2D eigenvalue weighted by Gasteiger charge is 2.45. The molecule has 0 bridgehead atoms. The average molecular weight is 569 g/mol. The normalized spacial score (nSPS) is 34.6. The highest BCUT2D eigenvalue weighted by Crippen LogP contribution is 2.31. The molecule has 2 aliphatic rings. The van der Waals surface area contributed by atoms with Gasteiger partial charge in [0.2, 0.25) is 12.6 Å². The summed E-state index contributed by atoms with van der Waals surface area (Å²) in [7, 11) is 0. The summed E-state index contributed by atoms with van der Waals surface area (Å²) in [4.78, 5) is 0. The van der Waals surface area contributed by atoms with E-state index in [2.05, 4.69) is 0 Å². The molecule has 0 amide bonds. The number of aliphatic hydroxyl groups excluding tert-OH is 8. The van der Waals surface area contributed by atoms with Crippen molar-refractivity contribution in [1.29, 1.82) is 0 Å². The fourth-order valence-corrected chi connectivity index (χ4v) is 4.29. The minimum absolute atomic E-state index is 0.0384. The SMILES string of the molecule is OCC1O[C@@H](Oc2cc(O)cc(/C=C/c3ccc(OC4O[C@H](CO)C(O)[C@@H](O)[C@H]4O)cc3O)c2)C(O)[C@@H](O)[C@@H]1O. The Morgan fingerprint density at radius 1 is 0.625 bits per heavy atom. The molecule has 2 fully saturated rings. The molecule has 2 saturated heterocycles. The van der Waals surface area contributed by atoms with Crippen LogP contribution in [0.2, 0.25) is 0 Å². The third-order valence-corrected chi connectivity index (χ3v) is 6.57. The van der Waals surface area contributed by atoms with Crippen molar-refractivity contribution in [1.82, 2.24) is 0 Å². The number of benzene rings is 2. The predicted octanol–water partition coefficient (Wildman–Crippen LogP) is -2.37. The molecule has 14 nitrogen and oxygen atoms in total. The number of ether oxygens (including phenoxy) is 4. The molecular formula is C26H32O14. The standard InChI is InChI=1S/C26H32O14/c27-9-17-19(31)21(33)23(35)25(39-17)37-14-4-3-12(16(30)8-14)2-1-11-5-13(29)7-15(6-11)38-26-24(36)22(34)20(32)18(10-28)40-26/h1-8,17-36H,9-10H2/b2-1+/t17-,18?,19?,20-,21-,22+,23-,24?,25?,26-/m1/s1. The second kappa shape index (κ2) is 12.7. The maximum absolute atomic E-state index is 10.5. The zero-order valence-corrected chi connectivity index (χ0v) is 20.9. The fraction of sp³-hybridized carbons (Fsp3) is 0.462. The maximum Gasteiger partial charge on any atom is 0.229 e. The van der Waals surface area contributed by atoms with E-state index in [1.54, 1.807) is 0 Å². The van der Waals surface area contributed by atoms with E-state index in [4.69, 9.17) is 18.9 Å². The average Bonchev–Trinajstić information content (AvgIpc) is 2.93. The lowest BCUT2D eigenvalue weighted by atomic mass is 9.99. The number of aliphatic hydroxyl groups is 8. The van der Waals surface area contributed by atoms with Crippen LogP contribution in [0.25, 0.3) is 12.2 Å². The summed E-state index contributed by atoms with van der Waals surface area (Å²) in [6.07, 6.45) is -11.8. The van der Waals surface area contributed by atoms with Gasteiger partial charge in [-0.05, 0) is 29.8 Å². The van der Waals surface area contributed by atoms with E-state index in [1.165, 1.54) is 48.6 Å². The van der Waals surface area contributed by atoms with Gasteiger partial charge in [0, 0.05) is 17.7 Å². The Balaban J connectivity index is 1.45. The van der Waals surface area contributed by atoms with Gasteiger partial charge in [0.25, 0.3) is 0 Å². The van der Waals surface area contributed by atoms with Gasteiger partial charge < -0.3 is 70.0 Å². The smallest absolute Gasteiger partial charge is 0.229 e. The molecule has 10 atom stereocenters. The topological polar surface area (TPSA) is 239 Å². The molecule has 4 unspecified atom stereocenters. The third-order valence-electron chi connectivity index (χ3n) is 6.57. The molecule has 0 aromatic heterocycles. The second-order valence-corrected chi connectivity index (χ2v) is 9.44. The monoisotopic (exact) mass is 568 g/mol. The molecule has 40 heavy (non-hydrogen) atoms. The number of aromatic hydroxyl groups is 2. The van der Waals surface area contributed by atoms with Gasteiger partial charge in [0.05, 0.1) is 13.2 Å². The van der Waals surface area contributed by atoms with Crippen LogP contribution in [0.5, 0.6) is 23.0 Å². The maximum atomic E-state index is 10.5. The van der Waals surface area contributed by atoms with Crippen LogP contribution >= 0.6 is 0 Å². The second-order valence-electron chi connectivity index (χ2n) is 9.44. The summed E-state index contributed by atoms with van der Waals surface area (Å²) in [6.45, 7) is -1.25. The van der Waals surface area contributed by atoms with E-state index >= 15 is 0 Å². The number of phenols is 2. The van der Waals surface area contributed by atoms with Gasteiger partial charge in [-0.3, -0.25) is 0 Å². The Kier molecular flexibility index (Phi) is 9.48. The van der Waals surface area contributed by atoms with Gasteiger partial charge in [-0.2, -0.15) is 0 Å². The zero-order chi connectivity index (χ0) is 29.1. The lowest BCUT2D eigenvalue weighted by Gasteiger charge is -2.39. The summed E-state index contributed by atoms with van der Waals surface area (Å²) in [6, 6.07) is 8.20. The van der Waals surface area contributed by atoms with Gasteiger partial charge in [-0.15, -0.1) is 0 Å².